The van der Waals surface area contributed by atoms with E-state index < -0.39 is 0 Å². The van der Waals surface area contributed by atoms with Crippen molar-refractivity contribution in [2.45, 2.75) is 18.9 Å². The molecule has 1 N–H and O–H groups in total. The van der Waals surface area contributed by atoms with E-state index in [0.717, 1.165) is 9.99 Å². The molecule has 0 amide bonds. The van der Waals surface area contributed by atoms with Crippen molar-refractivity contribution in [2.24, 2.45) is 0 Å². The number of rotatable bonds is 2. The second kappa shape index (κ2) is 3.49. The van der Waals surface area contributed by atoms with Gasteiger partial charge in [-0.1, -0.05) is 15.9 Å². The number of pyridine rings is 1. The van der Waals surface area contributed by atoms with Crippen LogP contribution in [0.3, 0.4) is 0 Å². The van der Waals surface area contributed by atoms with Crippen molar-refractivity contribution in [1.29, 1.82) is 0 Å². The number of fused-ring (bicyclic) bond motifs is 1. The Morgan fingerprint density at radius 2 is 2.13 bits per heavy atom. The first-order chi connectivity index (χ1) is 7.33. The maximum atomic E-state index is 4.35. The Bertz CT molecular complexity index is 506. The van der Waals surface area contributed by atoms with Crippen LogP contribution in [0.1, 0.15) is 12.8 Å². The minimum atomic E-state index is 0.676. The number of nitrogens with one attached hydrogen (secondary N) is 1. The molecule has 1 fully saturated rings. The van der Waals surface area contributed by atoms with Gasteiger partial charge in [0.1, 0.15) is 0 Å². The van der Waals surface area contributed by atoms with E-state index >= 15 is 0 Å². The molecule has 1 aliphatic carbocycles. The number of aromatic nitrogens is 1. The molecule has 0 spiro atoms. The van der Waals surface area contributed by atoms with Crippen molar-refractivity contribution in [3.8, 4) is 0 Å². The molecule has 0 saturated heterocycles. The van der Waals surface area contributed by atoms with Crippen molar-refractivity contribution in [2.75, 3.05) is 5.32 Å². The van der Waals surface area contributed by atoms with E-state index in [0.29, 0.717) is 6.04 Å². The molecular formula is C12H11BrN2. The maximum Gasteiger partial charge on any atom is 0.0723 e. The summed E-state index contributed by atoms with van der Waals surface area (Å²) in [4.78, 5) is 4.35. The van der Waals surface area contributed by atoms with E-state index in [9.17, 15) is 0 Å². The first kappa shape index (κ1) is 9.16. The standard InChI is InChI=1S/C12H11BrN2/c13-8-1-4-11-10(7-8)12(5-6-14-11)15-9-2-3-9/h1,4-7,9H,2-3H2,(H,14,15). The Hall–Kier alpha value is -1.09. The van der Waals surface area contributed by atoms with Crippen LogP contribution in [-0.2, 0) is 0 Å². The maximum absolute atomic E-state index is 4.35. The third kappa shape index (κ3) is 1.84. The van der Waals surface area contributed by atoms with Crippen molar-refractivity contribution in [1.82, 2.24) is 4.98 Å². The largest absolute Gasteiger partial charge is 0.382 e. The van der Waals surface area contributed by atoms with Crippen LogP contribution in [0.5, 0.6) is 0 Å². The summed E-state index contributed by atoms with van der Waals surface area (Å²) in [5, 5.41) is 4.72. The molecule has 3 heteroatoms. The lowest BCUT2D eigenvalue weighted by Crippen LogP contribution is -2.01. The van der Waals surface area contributed by atoms with E-state index in [1.165, 1.54) is 23.9 Å². The summed E-state index contributed by atoms with van der Waals surface area (Å²) < 4.78 is 1.10. The predicted octanol–water partition coefficient (Wildman–Crippen LogP) is 3.57. The van der Waals surface area contributed by atoms with Gasteiger partial charge in [0, 0.05) is 27.8 Å². The Balaban J connectivity index is 2.13. The minimum Gasteiger partial charge on any atom is -0.382 e. The zero-order valence-electron chi connectivity index (χ0n) is 8.20. The number of hydrogen-bond acceptors (Lipinski definition) is 2. The van der Waals surface area contributed by atoms with Gasteiger partial charge in [-0.2, -0.15) is 0 Å². The van der Waals surface area contributed by atoms with Gasteiger partial charge in [0.15, 0.2) is 0 Å². The number of hydrogen-bond donors (Lipinski definition) is 1. The second-order valence-electron chi connectivity index (χ2n) is 3.94. The highest BCUT2D eigenvalue weighted by Crippen LogP contribution is 2.30. The van der Waals surface area contributed by atoms with Crippen LogP contribution in [0.25, 0.3) is 10.9 Å². The van der Waals surface area contributed by atoms with Gasteiger partial charge < -0.3 is 5.32 Å². The van der Waals surface area contributed by atoms with E-state index in [4.69, 9.17) is 0 Å². The SMILES string of the molecule is Brc1ccc2nccc(NC3CC3)c2c1. The van der Waals surface area contributed by atoms with Gasteiger partial charge in [-0.3, -0.25) is 4.98 Å². The van der Waals surface area contributed by atoms with Crippen molar-refractivity contribution in [3.63, 3.8) is 0 Å². The van der Waals surface area contributed by atoms with Crippen LogP contribution >= 0.6 is 15.9 Å². The van der Waals surface area contributed by atoms with Crippen molar-refractivity contribution in [3.05, 3.63) is 34.9 Å². The summed E-state index contributed by atoms with van der Waals surface area (Å²) in [5.74, 6) is 0. The summed E-state index contributed by atoms with van der Waals surface area (Å²) in [7, 11) is 0. The van der Waals surface area contributed by atoms with E-state index in [2.05, 4.69) is 32.3 Å². The van der Waals surface area contributed by atoms with E-state index in [1.807, 2.05) is 24.4 Å². The van der Waals surface area contributed by atoms with Crippen molar-refractivity contribution >= 4 is 32.5 Å². The van der Waals surface area contributed by atoms with Gasteiger partial charge in [-0.05, 0) is 37.1 Å². The molecule has 76 valence electrons. The second-order valence-corrected chi connectivity index (χ2v) is 4.85. The van der Waals surface area contributed by atoms with Gasteiger partial charge in [-0.15, -0.1) is 0 Å². The fourth-order valence-corrected chi connectivity index (χ4v) is 2.05. The quantitative estimate of drug-likeness (QED) is 0.895. The smallest absolute Gasteiger partial charge is 0.0723 e. The molecule has 0 radical (unpaired) electrons. The Kier molecular flexibility index (Phi) is 2.13. The molecule has 15 heavy (non-hydrogen) atoms. The molecule has 1 saturated carbocycles. The number of benzene rings is 1. The van der Waals surface area contributed by atoms with Crippen molar-refractivity contribution < 1.29 is 0 Å². The van der Waals surface area contributed by atoms with Crippen LogP contribution in [0.15, 0.2) is 34.9 Å². The fraction of sp³-hybridized carbons (Fsp3) is 0.250. The highest BCUT2D eigenvalue weighted by molar-refractivity contribution is 9.10. The highest BCUT2D eigenvalue weighted by atomic mass is 79.9. The molecule has 2 aromatic rings. The minimum absolute atomic E-state index is 0.676. The average Bonchev–Trinajstić information content (AvgIpc) is 3.03. The first-order valence-corrected chi connectivity index (χ1v) is 5.93. The summed E-state index contributed by atoms with van der Waals surface area (Å²) in [6.07, 6.45) is 4.44. The Morgan fingerprint density at radius 3 is 2.93 bits per heavy atom. The third-order valence-electron chi connectivity index (χ3n) is 2.64. The molecule has 0 unspecified atom stereocenters. The Labute approximate surface area is 96.8 Å². The molecule has 0 bridgehead atoms. The summed E-state index contributed by atoms with van der Waals surface area (Å²) in [5.41, 5.74) is 2.24. The number of halogens is 1. The fourth-order valence-electron chi connectivity index (χ4n) is 1.69. The van der Waals surface area contributed by atoms with E-state index in [1.54, 1.807) is 0 Å². The molecule has 1 aromatic heterocycles. The molecule has 2 nitrogen and oxygen atoms in total. The number of nitrogens with zero attached hydrogens (tertiary/aromatic N) is 1. The molecule has 0 atom stereocenters. The zero-order valence-corrected chi connectivity index (χ0v) is 9.79. The predicted molar refractivity (Wildman–Crippen MR) is 66.1 cm³/mol. The van der Waals surface area contributed by atoms with Crippen LogP contribution in [0.2, 0.25) is 0 Å². The van der Waals surface area contributed by atoms with Gasteiger partial charge in [-0.25, -0.2) is 0 Å². The third-order valence-corrected chi connectivity index (χ3v) is 3.13. The van der Waals surface area contributed by atoms with Gasteiger partial charge >= 0.3 is 0 Å². The lowest BCUT2D eigenvalue weighted by atomic mass is 10.2. The van der Waals surface area contributed by atoms with Gasteiger partial charge in [0.2, 0.25) is 0 Å². The van der Waals surface area contributed by atoms with E-state index in [-0.39, 0.29) is 0 Å². The Morgan fingerprint density at radius 1 is 1.27 bits per heavy atom. The lowest BCUT2D eigenvalue weighted by Gasteiger charge is -2.08. The monoisotopic (exact) mass is 262 g/mol. The average molecular weight is 263 g/mol. The molecule has 1 aromatic carbocycles. The van der Waals surface area contributed by atoms with Crippen LogP contribution in [-0.4, -0.2) is 11.0 Å². The van der Waals surface area contributed by atoms with Crippen LogP contribution in [0.4, 0.5) is 5.69 Å². The number of anilines is 1. The summed E-state index contributed by atoms with van der Waals surface area (Å²) >= 11 is 3.49. The first-order valence-electron chi connectivity index (χ1n) is 5.14. The molecule has 0 aliphatic heterocycles. The normalized spacial score (nSPS) is 15.5. The van der Waals surface area contributed by atoms with Gasteiger partial charge in [0.25, 0.3) is 0 Å². The molecule has 3 rings (SSSR count). The molecular weight excluding hydrogens is 252 g/mol. The zero-order chi connectivity index (χ0) is 10.3. The summed E-state index contributed by atoms with van der Waals surface area (Å²) in [6, 6.07) is 8.91. The molecule has 1 heterocycles. The van der Waals surface area contributed by atoms with Crippen LogP contribution in [0, 0.1) is 0 Å². The lowest BCUT2D eigenvalue weighted by molar-refractivity contribution is 1.16. The highest BCUT2D eigenvalue weighted by Gasteiger charge is 2.21. The van der Waals surface area contributed by atoms with Gasteiger partial charge in [0.05, 0.1) is 5.52 Å². The molecule has 1 aliphatic rings. The van der Waals surface area contributed by atoms with Crippen LogP contribution < -0.4 is 5.32 Å². The topological polar surface area (TPSA) is 24.9 Å². The summed E-state index contributed by atoms with van der Waals surface area (Å²) in [6.45, 7) is 0.